The van der Waals surface area contributed by atoms with E-state index in [0.29, 0.717) is 0 Å². The summed E-state index contributed by atoms with van der Waals surface area (Å²) < 4.78 is 4.99. The van der Waals surface area contributed by atoms with Crippen LogP contribution in [-0.2, 0) is 19.1 Å². The summed E-state index contributed by atoms with van der Waals surface area (Å²) in [7, 11) is 0. The summed E-state index contributed by atoms with van der Waals surface area (Å²) in [5, 5.41) is 37.2. The van der Waals surface area contributed by atoms with Crippen molar-refractivity contribution in [1.29, 1.82) is 0 Å². The van der Waals surface area contributed by atoms with Crippen molar-refractivity contribution in [2.45, 2.75) is 57.5 Å². The third-order valence-corrected chi connectivity index (χ3v) is 3.19. The number of amides is 4. The highest BCUT2D eigenvalue weighted by atomic mass is 16.6. The van der Waals surface area contributed by atoms with E-state index in [9.17, 15) is 29.4 Å². The Hall–Kier alpha value is -2.93. The molecule has 0 radical (unpaired) electrons. The van der Waals surface area contributed by atoms with Gasteiger partial charge in [-0.15, -0.1) is 0 Å². The predicted molar refractivity (Wildman–Crippen MR) is 97.0 cm³/mol. The lowest BCUT2D eigenvalue weighted by atomic mass is 10.1. The second-order valence-electron chi connectivity index (χ2n) is 6.88. The molecule has 0 aromatic rings. The van der Waals surface area contributed by atoms with E-state index in [1.54, 1.807) is 20.8 Å². The number of azide groups is 1. The zero-order valence-corrected chi connectivity index (χ0v) is 16.4. The number of carbonyl (C=O) groups is 4. The van der Waals surface area contributed by atoms with Gasteiger partial charge in [0.1, 0.15) is 23.7 Å². The van der Waals surface area contributed by atoms with Crippen LogP contribution in [0.5, 0.6) is 0 Å². The summed E-state index contributed by atoms with van der Waals surface area (Å²) in [5.41, 5.74) is 7.36. The van der Waals surface area contributed by atoms with Crippen molar-refractivity contribution >= 4 is 23.8 Å². The van der Waals surface area contributed by atoms with Gasteiger partial charge in [-0.1, -0.05) is 0 Å². The molecule has 4 atom stereocenters. The van der Waals surface area contributed by atoms with Crippen LogP contribution >= 0.6 is 0 Å². The molecule has 0 spiro atoms. The van der Waals surface area contributed by atoms with Gasteiger partial charge < -0.3 is 36.0 Å². The number of ether oxygens (including phenoxy) is 1. The number of nitrogens with one attached hydrogen (secondary N) is 3. The molecule has 164 valence electrons. The van der Waals surface area contributed by atoms with E-state index < -0.39 is 66.9 Å². The number of hydrogen-bond donors (Lipinski definition) is 6. The van der Waals surface area contributed by atoms with E-state index in [4.69, 9.17) is 15.4 Å². The van der Waals surface area contributed by atoms with Crippen LogP contribution in [0.25, 0.3) is 10.4 Å². The lowest BCUT2D eigenvalue weighted by molar-refractivity contribution is -0.134. The van der Waals surface area contributed by atoms with Crippen LogP contribution in [0.4, 0.5) is 4.79 Å². The Labute approximate surface area is 166 Å². The maximum Gasteiger partial charge on any atom is 0.408 e. The van der Waals surface area contributed by atoms with E-state index >= 15 is 0 Å². The largest absolute Gasteiger partial charge is 0.444 e. The molecule has 0 aromatic heterocycles. The van der Waals surface area contributed by atoms with Gasteiger partial charge in [0.15, 0.2) is 0 Å². The SMILES string of the molecule is C[C@@H](O)[C@H](NC(=O)OC(C)(C)C)C(=O)N[C@@H](CO)C(=O)N[C@@H](CO)C(=O)N=[N+]=[N-]. The standard InChI is InChI=1S/C15H26N6O8/c1-7(24)10(19-14(28)29-15(2,3)4)13(27)18-8(5-22)11(25)17-9(6-23)12(26)20-21-16/h7-10,22-24H,5-6H2,1-4H3,(H,17,25)(H,18,27)(H,19,28)/t7-,8+,9+,10+/m1/s1. The molecule has 29 heavy (non-hydrogen) atoms. The first-order valence-corrected chi connectivity index (χ1v) is 8.45. The van der Waals surface area contributed by atoms with E-state index in [1.165, 1.54) is 6.92 Å². The minimum atomic E-state index is -1.60. The first-order valence-electron chi connectivity index (χ1n) is 8.45. The van der Waals surface area contributed by atoms with Crippen molar-refractivity contribution in [3.05, 3.63) is 10.4 Å². The molecule has 0 unspecified atom stereocenters. The molecule has 0 aliphatic carbocycles. The number of alkyl carbamates (subject to hydrolysis) is 1. The monoisotopic (exact) mass is 418 g/mol. The lowest BCUT2D eigenvalue weighted by Gasteiger charge is -2.26. The quantitative estimate of drug-likeness (QED) is 0.140. The molecule has 6 N–H and O–H groups in total. The van der Waals surface area contributed by atoms with Gasteiger partial charge in [0.2, 0.25) is 17.7 Å². The fourth-order valence-corrected chi connectivity index (χ4v) is 1.87. The summed E-state index contributed by atoms with van der Waals surface area (Å²) in [6.45, 7) is 4.16. The maximum atomic E-state index is 12.3. The Morgan fingerprint density at radius 2 is 1.55 bits per heavy atom. The number of carbonyl (C=O) groups excluding carboxylic acids is 4. The van der Waals surface area contributed by atoms with E-state index in [2.05, 4.69) is 20.7 Å². The average molecular weight is 418 g/mol. The molecule has 0 fully saturated rings. The van der Waals surface area contributed by atoms with Gasteiger partial charge in [0.05, 0.1) is 19.3 Å². The minimum Gasteiger partial charge on any atom is -0.444 e. The highest BCUT2D eigenvalue weighted by Gasteiger charge is 2.32. The summed E-state index contributed by atoms with van der Waals surface area (Å²) in [5.74, 6) is -3.29. The van der Waals surface area contributed by atoms with Crippen LogP contribution in [0, 0.1) is 0 Å². The number of hydrogen-bond acceptors (Lipinski definition) is 8. The minimum absolute atomic E-state index is 0.866. The Kier molecular flexibility index (Phi) is 10.6. The molecule has 0 bridgehead atoms. The van der Waals surface area contributed by atoms with Crippen molar-refractivity contribution in [2.24, 2.45) is 5.11 Å². The second kappa shape index (κ2) is 11.8. The summed E-state index contributed by atoms with van der Waals surface area (Å²) in [6, 6.07) is -4.71. The van der Waals surface area contributed by atoms with Gasteiger partial charge in [-0.05, 0) is 38.3 Å². The fourth-order valence-electron chi connectivity index (χ4n) is 1.87. The normalized spacial score (nSPS) is 15.0. The van der Waals surface area contributed by atoms with Gasteiger partial charge in [-0.25, -0.2) is 4.79 Å². The first kappa shape index (κ1) is 26.1. The molecule has 4 amide bonds. The highest BCUT2D eigenvalue weighted by molar-refractivity contribution is 5.94. The Balaban J connectivity index is 5.15. The molecular formula is C15H26N6O8. The van der Waals surface area contributed by atoms with Crippen LogP contribution in [0.1, 0.15) is 27.7 Å². The zero-order chi connectivity index (χ0) is 22.8. The van der Waals surface area contributed by atoms with Gasteiger partial charge in [0.25, 0.3) is 0 Å². The number of aliphatic hydroxyl groups excluding tert-OH is 3. The van der Waals surface area contributed by atoms with Crippen molar-refractivity contribution in [3.8, 4) is 0 Å². The molecule has 14 nitrogen and oxygen atoms in total. The fraction of sp³-hybridized carbons (Fsp3) is 0.733. The number of aliphatic hydroxyl groups is 3. The summed E-state index contributed by atoms with van der Waals surface area (Å²) in [6.07, 6.45) is -2.38. The highest BCUT2D eigenvalue weighted by Crippen LogP contribution is 2.07. The maximum absolute atomic E-state index is 12.3. The number of nitrogens with zero attached hydrogens (tertiary/aromatic N) is 3. The predicted octanol–water partition coefficient (Wildman–Crippen LogP) is -1.95. The molecular weight excluding hydrogens is 392 g/mol. The van der Waals surface area contributed by atoms with E-state index in [-0.39, 0.29) is 0 Å². The topological polar surface area (TPSA) is 223 Å². The molecule has 0 heterocycles. The molecule has 14 heteroatoms. The molecule has 0 aliphatic heterocycles. The Bertz CT molecular complexity index is 656. The van der Waals surface area contributed by atoms with Crippen LogP contribution < -0.4 is 16.0 Å². The Morgan fingerprint density at radius 3 is 1.97 bits per heavy atom. The lowest BCUT2D eigenvalue weighted by Crippen LogP contribution is -2.59. The van der Waals surface area contributed by atoms with Gasteiger partial charge in [-0.2, -0.15) is 0 Å². The van der Waals surface area contributed by atoms with Gasteiger partial charge >= 0.3 is 6.09 Å². The van der Waals surface area contributed by atoms with E-state index in [1.807, 2.05) is 5.32 Å². The zero-order valence-electron chi connectivity index (χ0n) is 16.4. The molecule has 0 saturated heterocycles. The van der Waals surface area contributed by atoms with Crippen molar-refractivity contribution in [2.75, 3.05) is 13.2 Å². The third kappa shape index (κ3) is 9.71. The molecule has 0 saturated carbocycles. The molecule has 0 aliphatic rings. The van der Waals surface area contributed by atoms with Crippen molar-refractivity contribution in [3.63, 3.8) is 0 Å². The third-order valence-electron chi connectivity index (χ3n) is 3.19. The van der Waals surface area contributed by atoms with Crippen molar-refractivity contribution in [1.82, 2.24) is 16.0 Å². The Morgan fingerprint density at radius 1 is 1.03 bits per heavy atom. The van der Waals surface area contributed by atoms with Crippen LogP contribution in [-0.4, -0.2) is 82.2 Å². The second-order valence-corrected chi connectivity index (χ2v) is 6.88. The first-order chi connectivity index (χ1) is 13.4. The molecule has 0 rings (SSSR count). The van der Waals surface area contributed by atoms with Crippen LogP contribution in [0.15, 0.2) is 5.11 Å². The smallest absolute Gasteiger partial charge is 0.408 e. The van der Waals surface area contributed by atoms with Gasteiger partial charge in [0, 0.05) is 4.91 Å². The van der Waals surface area contributed by atoms with E-state index in [0.717, 1.165) is 0 Å². The van der Waals surface area contributed by atoms with Crippen molar-refractivity contribution < 1.29 is 39.2 Å². The van der Waals surface area contributed by atoms with Crippen LogP contribution in [0.3, 0.4) is 0 Å². The molecule has 0 aromatic carbocycles. The average Bonchev–Trinajstić information content (AvgIpc) is 2.60. The summed E-state index contributed by atoms with van der Waals surface area (Å²) >= 11 is 0. The van der Waals surface area contributed by atoms with Crippen LogP contribution in [0.2, 0.25) is 0 Å². The number of rotatable bonds is 9. The summed E-state index contributed by atoms with van der Waals surface area (Å²) in [4.78, 5) is 50.0. The van der Waals surface area contributed by atoms with Gasteiger partial charge in [-0.3, -0.25) is 14.4 Å².